The Morgan fingerprint density at radius 2 is 1.82 bits per heavy atom. The smallest absolute Gasteiger partial charge is 0.224 e. The number of hydrogen-bond donors (Lipinski definition) is 1. The van der Waals surface area contributed by atoms with Crippen LogP contribution in [-0.2, 0) is 11.2 Å². The van der Waals surface area contributed by atoms with Gasteiger partial charge >= 0.3 is 0 Å². The Kier molecular flexibility index (Phi) is 5.81. The summed E-state index contributed by atoms with van der Waals surface area (Å²) < 4.78 is 11.2. The van der Waals surface area contributed by atoms with Crippen LogP contribution < -0.4 is 14.8 Å². The summed E-state index contributed by atoms with van der Waals surface area (Å²) in [5.41, 5.74) is 3.53. The lowest BCUT2D eigenvalue weighted by Crippen LogP contribution is -2.37. The van der Waals surface area contributed by atoms with Crippen molar-refractivity contribution in [2.75, 3.05) is 32.8 Å². The first-order valence-electron chi connectivity index (χ1n) is 10.2. The molecule has 0 radical (unpaired) electrons. The molecule has 1 atom stereocenters. The Hall–Kier alpha value is -2.53. The van der Waals surface area contributed by atoms with Crippen LogP contribution in [0.3, 0.4) is 0 Å². The van der Waals surface area contributed by atoms with Crippen LogP contribution >= 0.6 is 0 Å². The lowest BCUT2D eigenvalue weighted by molar-refractivity contribution is -0.120. The summed E-state index contributed by atoms with van der Waals surface area (Å²) in [6, 6.07) is 14.5. The maximum Gasteiger partial charge on any atom is 0.224 e. The Morgan fingerprint density at radius 1 is 1.07 bits per heavy atom. The molecule has 0 spiro atoms. The van der Waals surface area contributed by atoms with E-state index in [-0.39, 0.29) is 11.9 Å². The first kappa shape index (κ1) is 18.8. The van der Waals surface area contributed by atoms with Gasteiger partial charge in [0.15, 0.2) is 11.5 Å². The van der Waals surface area contributed by atoms with Crippen molar-refractivity contribution in [3.8, 4) is 11.5 Å². The van der Waals surface area contributed by atoms with Crippen molar-refractivity contribution in [3.63, 3.8) is 0 Å². The fourth-order valence-electron chi connectivity index (χ4n) is 4.11. The second kappa shape index (κ2) is 8.65. The predicted molar refractivity (Wildman–Crippen MR) is 109 cm³/mol. The van der Waals surface area contributed by atoms with Gasteiger partial charge in [-0.25, -0.2) is 0 Å². The van der Waals surface area contributed by atoms with Gasteiger partial charge < -0.3 is 14.8 Å². The zero-order chi connectivity index (χ0) is 19.3. The molecule has 2 aliphatic heterocycles. The number of benzene rings is 2. The summed E-state index contributed by atoms with van der Waals surface area (Å²) in [7, 11) is 0. The molecule has 4 rings (SSSR count). The van der Waals surface area contributed by atoms with Crippen LogP contribution in [0.25, 0.3) is 0 Å². The molecule has 1 N–H and O–H groups in total. The number of carbonyl (C=O) groups is 1. The molecule has 0 aliphatic carbocycles. The van der Waals surface area contributed by atoms with Gasteiger partial charge in [-0.05, 0) is 61.7 Å². The number of carbonyl (C=O) groups excluding carboxylic acids is 1. The predicted octanol–water partition coefficient (Wildman–Crippen LogP) is 3.26. The monoisotopic (exact) mass is 380 g/mol. The molecule has 2 aliphatic rings. The van der Waals surface area contributed by atoms with Crippen molar-refractivity contribution in [1.29, 1.82) is 0 Å². The molecule has 2 aromatic rings. The number of amides is 1. The maximum absolute atomic E-state index is 12.6. The molecule has 0 bridgehead atoms. The molecule has 28 heavy (non-hydrogen) atoms. The molecule has 2 aromatic carbocycles. The van der Waals surface area contributed by atoms with Gasteiger partial charge in [0, 0.05) is 6.54 Å². The standard InChI is InChI=1S/C23H28N2O3/c1-17-6-2-3-7-19(17)20(25-10-4-5-11-25)16-24-23(26)15-18-8-9-21-22(14-18)28-13-12-27-21/h2-3,6-9,14,20H,4-5,10-13,15-16H2,1H3,(H,24,26). The summed E-state index contributed by atoms with van der Waals surface area (Å²) in [4.78, 5) is 15.1. The maximum atomic E-state index is 12.6. The molecule has 1 unspecified atom stereocenters. The Morgan fingerprint density at radius 3 is 2.61 bits per heavy atom. The number of likely N-dealkylation sites (tertiary alicyclic amines) is 1. The quantitative estimate of drug-likeness (QED) is 0.836. The first-order valence-corrected chi connectivity index (χ1v) is 10.2. The van der Waals surface area contributed by atoms with Crippen molar-refractivity contribution < 1.29 is 14.3 Å². The second-order valence-corrected chi connectivity index (χ2v) is 7.57. The molecular weight excluding hydrogens is 352 g/mol. The molecule has 0 aromatic heterocycles. The number of aryl methyl sites for hydroxylation is 1. The number of hydrogen-bond acceptors (Lipinski definition) is 4. The van der Waals surface area contributed by atoms with Crippen molar-refractivity contribution >= 4 is 5.91 Å². The van der Waals surface area contributed by atoms with Gasteiger partial charge in [0.1, 0.15) is 13.2 Å². The highest BCUT2D eigenvalue weighted by Crippen LogP contribution is 2.31. The molecule has 0 saturated carbocycles. The largest absolute Gasteiger partial charge is 0.486 e. The Balaban J connectivity index is 1.41. The van der Waals surface area contributed by atoms with E-state index in [9.17, 15) is 4.79 Å². The van der Waals surface area contributed by atoms with E-state index in [2.05, 4.69) is 41.4 Å². The highest BCUT2D eigenvalue weighted by atomic mass is 16.6. The minimum atomic E-state index is 0.0365. The molecule has 1 amide bonds. The molecule has 5 heteroatoms. The summed E-state index contributed by atoms with van der Waals surface area (Å²) in [5, 5.41) is 3.16. The van der Waals surface area contributed by atoms with E-state index >= 15 is 0 Å². The normalized spacial score (nSPS) is 17.3. The van der Waals surface area contributed by atoms with Gasteiger partial charge in [0.05, 0.1) is 12.5 Å². The van der Waals surface area contributed by atoms with Crippen LogP contribution in [0, 0.1) is 6.92 Å². The molecular formula is C23H28N2O3. The van der Waals surface area contributed by atoms with E-state index in [1.807, 2.05) is 18.2 Å². The van der Waals surface area contributed by atoms with Crippen molar-refractivity contribution in [3.05, 3.63) is 59.2 Å². The topological polar surface area (TPSA) is 50.8 Å². The Bertz CT molecular complexity index is 830. The minimum absolute atomic E-state index is 0.0365. The summed E-state index contributed by atoms with van der Waals surface area (Å²) >= 11 is 0. The number of nitrogens with zero attached hydrogens (tertiary/aromatic N) is 1. The highest BCUT2D eigenvalue weighted by Gasteiger charge is 2.25. The van der Waals surface area contributed by atoms with Crippen molar-refractivity contribution in [2.45, 2.75) is 32.2 Å². The van der Waals surface area contributed by atoms with Gasteiger partial charge in [-0.15, -0.1) is 0 Å². The number of ether oxygens (including phenoxy) is 2. The van der Waals surface area contributed by atoms with Gasteiger partial charge in [-0.2, -0.15) is 0 Å². The van der Waals surface area contributed by atoms with Crippen LogP contribution in [0.2, 0.25) is 0 Å². The van der Waals surface area contributed by atoms with Crippen molar-refractivity contribution in [1.82, 2.24) is 10.2 Å². The zero-order valence-electron chi connectivity index (χ0n) is 16.4. The average molecular weight is 380 g/mol. The van der Waals surface area contributed by atoms with E-state index < -0.39 is 0 Å². The lowest BCUT2D eigenvalue weighted by Gasteiger charge is -2.29. The number of nitrogens with one attached hydrogen (secondary N) is 1. The third kappa shape index (κ3) is 4.30. The molecule has 148 valence electrons. The highest BCUT2D eigenvalue weighted by molar-refractivity contribution is 5.78. The van der Waals surface area contributed by atoms with E-state index in [1.54, 1.807) is 0 Å². The van der Waals surface area contributed by atoms with Crippen molar-refractivity contribution in [2.24, 2.45) is 0 Å². The van der Waals surface area contributed by atoms with E-state index in [0.29, 0.717) is 26.2 Å². The third-order valence-electron chi connectivity index (χ3n) is 5.59. The SMILES string of the molecule is Cc1ccccc1C(CNC(=O)Cc1ccc2c(c1)OCCO2)N1CCCC1. The number of fused-ring (bicyclic) bond motifs is 1. The van der Waals surface area contributed by atoms with Gasteiger partial charge in [-0.1, -0.05) is 30.3 Å². The van der Waals surface area contributed by atoms with Crippen LogP contribution in [0.1, 0.15) is 35.6 Å². The molecule has 5 nitrogen and oxygen atoms in total. The summed E-state index contributed by atoms with van der Waals surface area (Å²) in [6.45, 7) is 6.10. The molecule has 2 heterocycles. The van der Waals surface area contributed by atoms with E-state index in [0.717, 1.165) is 30.2 Å². The van der Waals surface area contributed by atoms with E-state index in [4.69, 9.17) is 9.47 Å². The fraction of sp³-hybridized carbons (Fsp3) is 0.435. The van der Waals surface area contributed by atoms with Crippen LogP contribution in [0.15, 0.2) is 42.5 Å². The molecule has 1 saturated heterocycles. The van der Waals surface area contributed by atoms with Crippen LogP contribution in [0.4, 0.5) is 0 Å². The lowest BCUT2D eigenvalue weighted by atomic mass is 10.00. The zero-order valence-corrected chi connectivity index (χ0v) is 16.4. The molecule has 1 fully saturated rings. The van der Waals surface area contributed by atoms with E-state index in [1.165, 1.54) is 24.0 Å². The van der Waals surface area contributed by atoms with Gasteiger partial charge in [0.25, 0.3) is 0 Å². The Labute approximate surface area is 166 Å². The van der Waals surface area contributed by atoms with Gasteiger partial charge in [0.2, 0.25) is 5.91 Å². The summed E-state index contributed by atoms with van der Waals surface area (Å²) in [5.74, 6) is 1.52. The first-order chi connectivity index (χ1) is 13.7. The van der Waals surface area contributed by atoms with Crippen LogP contribution in [0.5, 0.6) is 11.5 Å². The summed E-state index contributed by atoms with van der Waals surface area (Å²) in [6.07, 6.45) is 2.80. The number of rotatable bonds is 6. The van der Waals surface area contributed by atoms with Gasteiger partial charge in [-0.3, -0.25) is 9.69 Å². The minimum Gasteiger partial charge on any atom is -0.486 e. The second-order valence-electron chi connectivity index (χ2n) is 7.57. The third-order valence-corrected chi connectivity index (χ3v) is 5.59. The fourth-order valence-corrected chi connectivity index (χ4v) is 4.11. The average Bonchev–Trinajstić information content (AvgIpc) is 3.24. The van der Waals surface area contributed by atoms with Crippen LogP contribution in [-0.4, -0.2) is 43.7 Å².